The zero-order valence-corrected chi connectivity index (χ0v) is 18.6. The Balaban J connectivity index is 1.47. The lowest BCUT2D eigenvalue weighted by Crippen LogP contribution is -2.54. The molecular formula is C22H29N7O4. The second kappa shape index (κ2) is 9.20. The summed E-state index contributed by atoms with van der Waals surface area (Å²) >= 11 is 0. The first-order valence-corrected chi connectivity index (χ1v) is 11.0. The quantitative estimate of drug-likeness (QED) is 0.458. The number of anilines is 3. The van der Waals surface area contributed by atoms with Crippen LogP contribution in [0.1, 0.15) is 34.8 Å². The maximum atomic E-state index is 12.1. The zero-order chi connectivity index (χ0) is 23.6. The standard InChI is InChI=1S/C22H29N7O4/c1-29(33)12-10-27(11-13-29)18-14-24-19(20(23)30)21(26-18)25-17-4-2-15(3-5-17)16-6-8-28(9-7-16)22(31)32/h2-5,14,16H,6-13H2,1H3,(H2,23,30)(H,25,26)(H,31,32). The van der Waals surface area contributed by atoms with Crippen LogP contribution in [0.25, 0.3) is 0 Å². The molecule has 2 saturated heterocycles. The van der Waals surface area contributed by atoms with Crippen molar-refractivity contribution >= 4 is 29.3 Å². The second-order valence-corrected chi connectivity index (χ2v) is 8.81. The first kappa shape index (κ1) is 22.7. The minimum absolute atomic E-state index is 0.0466. The van der Waals surface area contributed by atoms with Gasteiger partial charge in [-0.2, -0.15) is 0 Å². The number of hydroxylamine groups is 3. The highest BCUT2D eigenvalue weighted by Crippen LogP contribution is 2.30. The van der Waals surface area contributed by atoms with Crippen LogP contribution in [0.4, 0.5) is 22.1 Å². The molecule has 0 aliphatic carbocycles. The van der Waals surface area contributed by atoms with E-state index >= 15 is 0 Å². The number of nitrogens with zero attached hydrogens (tertiary/aromatic N) is 5. The van der Waals surface area contributed by atoms with Crippen LogP contribution in [0.3, 0.4) is 0 Å². The van der Waals surface area contributed by atoms with Crippen LogP contribution in [0.15, 0.2) is 30.5 Å². The number of carbonyl (C=O) groups excluding carboxylic acids is 1. The summed E-state index contributed by atoms with van der Waals surface area (Å²) in [5, 5.41) is 24.4. The lowest BCUT2D eigenvalue weighted by molar-refractivity contribution is -0.861. The van der Waals surface area contributed by atoms with Gasteiger partial charge in [0.05, 0.1) is 39.4 Å². The van der Waals surface area contributed by atoms with Crippen LogP contribution in [0, 0.1) is 5.21 Å². The van der Waals surface area contributed by atoms with E-state index in [2.05, 4.69) is 15.3 Å². The normalized spacial score (nSPS) is 18.7. The Bertz CT molecular complexity index is 1010. The number of likely N-dealkylation sites (N-methyl/N-ethyl adjacent to an activating group) is 1. The second-order valence-electron chi connectivity index (χ2n) is 8.81. The SMILES string of the molecule is C[N+]1([O-])CCN(c2cnc(C(N)=O)c(Nc3ccc(C4CCN(C(=O)O)CC4)cc3)n2)CC1. The molecule has 0 bridgehead atoms. The minimum Gasteiger partial charge on any atom is -0.633 e. The van der Waals surface area contributed by atoms with Gasteiger partial charge in [0.15, 0.2) is 11.5 Å². The Morgan fingerprint density at radius 3 is 2.36 bits per heavy atom. The highest BCUT2D eigenvalue weighted by atomic mass is 16.5. The molecule has 0 saturated carbocycles. The topological polar surface area (TPSA) is 148 Å². The molecule has 0 unspecified atom stereocenters. The molecule has 4 N–H and O–H groups in total. The Morgan fingerprint density at radius 2 is 1.79 bits per heavy atom. The Hall–Kier alpha value is -3.44. The molecule has 3 heterocycles. The fourth-order valence-corrected chi connectivity index (χ4v) is 4.30. The van der Waals surface area contributed by atoms with Crippen molar-refractivity contribution in [2.24, 2.45) is 5.73 Å². The van der Waals surface area contributed by atoms with Crippen LogP contribution in [0.5, 0.6) is 0 Å². The predicted molar refractivity (Wildman–Crippen MR) is 123 cm³/mol. The smallest absolute Gasteiger partial charge is 0.407 e. The van der Waals surface area contributed by atoms with Crippen molar-refractivity contribution in [1.82, 2.24) is 14.9 Å². The number of aromatic nitrogens is 2. The summed E-state index contributed by atoms with van der Waals surface area (Å²) in [6.07, 6.45) is 2.22. The van der Waals surface area contributed by atoms with Gasteiger partial charge in [-0.15, -0.1) is 0 Å². The number of likely N-dealkylation sites (tertiary alicyclic amines) is 1. The van der Waals surface area contributed by atoms with Gasteiger partial charge in [-0.1, -0.05) is 12.1 Å². The maximum Gasteiger partial charge on any atom is 0.407 e. The number of nitrogens with one attached hydrogen (secondary N) is 1. The number of carboxylic acid groups (broad SMARTS) is 1. The Labute approximate surface area is 192 Å². The van der Waals surface area contributed by atoms with Crippen molar-refractivity contribution in [3.63, 3.8) is 0 Å². The summed E-state index contributed by atoms with van der Waals surface area (Å²) in [6.45, 7) is 3.08. The molecule has 1 aromatic heterocycles. The number of hydrogen-bond donors (Lipinski definition) is 3. The maximum absolute atomic E-state index is 12.1. The number of piperidine rings is 1. The van der Waals surface area contributed by atoms with Crippen LogP contribution in [-0.2, 0) is 0 Å². The van der Waals surface area contributed by atoms with Crippen molar-refractivity contribution in [2.45, 2.75) is 18.8 Å². The van der Waals surface area contributed by atoms with Crippen molar-refractivity contribution in [3.05, 3.63) is 46.9 Å². The molecule has 2 amide bonds. The zero-order valence-electron chi connectivity index (χ0n) is 18.6. The third kappa shape index (κ3) is 5.32. The molecule has 2 fully saturated rings. The van der Waals surface area contributed by atoms with E-state index in [0.29, 0.717) is 51.0 Å². The molecule has 0 atom stereocenters. The fraction of sp³-hybridized carbons (Fsp3) is 0.455. The molecule has 4 rings (SSSR count). The average molecular weight is 456 g/mol. The van der Waals surface area contributed by atoms with Crippen molar-refractivity contribution in [1.29, 1.82) is 0 Å². The third-order valence-corrected chi connectivity index (χ3v) is 6.41. The van der Waals surface area contributed by atoms with E-state index in [-0.39, 0.29) is 16.2 Å². The number of primary amides is 1. The van der Waals surface area contributed by atoms with Crippen molar-refractivity contribution < 1.29 is 19.3 Å². The van der Waals surface area contributed by atoms with E-state index in [1.807, 2.05) is 29.2 Å². The molecule has 2 aliphatic heterocycles. The summed E-state index contributed by atoms with van der Waals surface area (Å²) in [5.74, 6) is 0.487. The lowest BCUT2D eigenvalue weighted by Gasteiger charge is -2.45. The molecule has 33 heavy (non-hydrogen) atoms. The first-order chi connectivity index (χ1) is 15.7. The summed E-state index contributed by atoms with van der Waals surface area (Å²) in [5.41, 5.74) is 7.43. The summed E-state index contributed by atoms with van der Waals surface area (Å²) < 4.78 is -0.282. The van der Waals surface area contributed by atoms with Gasteiger partial charge in [0, 0.05) is 18.8 Å². The van der Waals surface area contributed by atoms with Gasteiger partial charge in [-0.25, -0.2) is 14.8 Å². The van der Waals surface area contributed by atoms with Gasteiger partial charge in [-0.3, -0.25) is 4.79 Å². The molecule has 0 spiro atoms. The molecule has 11 heteroatoms. The third-order valence-electron chi connectivity index (χ3n) is 6.41. The number of hydrogen-bond acceptors (Lipinski definition) is 7. The van der Waals surface area contributed by atoms with Crippen LogP contribution in [-0.4, -0.2) is 82.9 Å². The predicted octanol–water partition coefficient (Wildman–Crippen LogP) is 1.94. The van der Waals surface area contributed by atoms with Crippen molar-refractivity contribution in [2.75, 3.05) is 56.5 Å². The van der Waals surface area contributed by atoms with Gasteiger partial charge in [0.2, 0.25) is 0 Å². The summed E-state index contributed by atoms with van der Waals surface area (Å²) in [6, 6.07) is 7.81. The Morgan fingerprint density at radius 1 is 1.15 bits per heavy atom. The summed E-state index contributed by atoms with van der Waals surface area (Å²) in [7, 11) is 1.66. The number of amides is 2. The van der Waals surface area contributed by atoms with E-state index in [1.165, 1.54) is 11.1 Å². The van der Waals surface area contributed by atoms with Crippen molar-refractivity contribution in [3.8, 4) is 0 Å². The Kier molecular flexibility index (Phi) is 6.34. The number of rotatable bonds is 5. The van der Waals surface area contributed by atoms with Crippen LogP contribution < -0.4 is 16.0 Å². The van der Waals surface area contributed by atoms with E-state index in [0.717, 1.165) is 24.1 Å². The molecule has 176 valence electrons. The van der Waals surface area contributed by atoms with Crippen LogP contribution in [0.2, 0.25) is 0 Å². The molecule has 2 aromatic rings. The highest BCUT2D eigenvalue weighted by Gasteiger charge is 2.25. The van der Waals surface area contributed by atoms with E-state index in [4.69, 9.17) is 10.8 Å². The lowest BCUT2D eigenvalue weighted by atomic mass is 9.89. The summed E-state index contributed by atoms with van der Waals surface area (Å²) in [4.78, 5) is 35.2. The number of benzene rings is 1. The molecule has 0 radical (unpaired) electrons. The largest absolute Gasteiger partial charge is 0.633 e. The van der Waals surface area contributed by atoms with Gasteiger partial charge in [0.1, 0.15) is 5.82 Å². The van der Waals surface area contributed by atoms with Gasteiger partial charge >= 0.3 is 6.09 Å². The minimum atomic E-state index is -0.868. The van der Waals surface area contributed by atoms with Gasteiger partial charge < -0.3 is 35.8 Å². The van der Waals surface area contributed by atoms with Crippen LogP contribution >= 0.6 is 0 Å². The number of quaternary nitrogens is 1. The molecule has 1 aromatic carbocycles. The highest BCUT2D eigenvalue weighted by molar-refractivity contribution is 5.96. The molecule has 2 aliphatic rings. The first-order valence-electron chi connectivity index (χ1n) is 11.0. The molecule has 11 nitrogen and oxygen atoms in total. The van der Waals surface area contributed by atoms with E-state index in [1.54, 1.807) is 7.05 Å². The van der Waals surface area contributed by atoms with Gasteiger partial charge in [-0.05, 0) is 36.5 Å². The van der Waals surface area contributed by atoms with E-state index in [9.17, 15) is 14.8 Å². The fourth-order valence-electron chi connectivity index (χ4n) is 4.30. The number of carbonyl (C=O) groups is 2. The average Bonchev–Trinajstić information content (AvgIpc) is 2.79. The monoisotopic (exact) mass is 455 g/mol. The van der Waals surface area contributed by atoms with E-state index < -0.39 is 12.0 Å². The number of piperazine rings is 1. The van der Waals surface area contributed by atoms with Gasteiger partial charge in [0.25, 0.3) is 5.91 Å². The number of nitrogens with two attached hydrogens (primary N) is 1. The molecular weight excluding hydrogens is 426 g/mol.